The van der Waals surface area contributed by atoms with Crippen molar-refractivity contribution in [2.24, 2.45) is 11.8 Å². The Morgan fingerprint density at radius 1 is 0.962 bits per heavy atom. The molecule has 5 atom stereocenters. The number of nitrogens with zero attached hydrogens (tertiary/aromatic N) is 3. The molecule has 3 aromatic rings. The Kier molecular flexibility index (Phi) is 2.99. The summed E-state index contributed by atoms with van der Waals surface area (Å²) >= 11 is 0. The molecular weight excluding hydrogens is 330 g/mol. The predicted molar refractivity (Wildman–Crippen MR) is 91.7 cm³/mol. The number of rotatable bonds is 4. The van der Waals surface area contributed by atoms with Gasteiger partial charge in [-0.1, -0.05) is 23.4 Å². The van der Waals surface area contributed by atoms with E-state index in [-0.39, 0.29) is 12.0 Å². The van der Waals surface area contributed by atoms with Crippen LogP contribution in [0, 0.1) is 11.8 Å². The van der Waals surface area contributed by atoms with Crippen LogP contribution < -0.4 is 4.74 Å². The minimum atomic E-state index is 0.241. The van der Waals surface area contributed by atoms with Crippen LogP contribution in [-0.4, -0.2) is 27.3 Å². The predicted octanol–water partition coefficient (Wildman–Crippen LogP) is 3.81. The van der Waals surface area contributed by atoms with Gasteiger partial charge in [0.05, 0.1) is 24.3 Å². The zero-order chi connectivity index (χ0) is 17.1. The smallest absolute Gasteiger partial charge is 0.232 e. The third kappa shape index (κ3) is 2.25. The molecule has 0 spiro atoms. The number of hydrogen-bond donors (Lipinski definition) is 0. The highest BCUT2D eigenvalue weighted by molar-refractivity contribution is 5.49. The van der Waals surface area contributed by atoms with Gasteiger partial charge in [-0.3, -0.25) is 0 Å². The molecule has 6 nitrogen and oxygen atoms in total. The fourth-order valence-electron chi connectivity index (χ4n) is 4.38. The Morgan fingerprint density at radius 3 is 2.65 bits per heavy atom. The second kappa shape index (κ2) is 5.38. The van der Waals surface area contributed by atoms with E-state index in [1.54, 1.807) is 6.20 Å². The average Bonchev–Trinajstić information content (AvgIpc) is 3.04. The lowest BCUT2D eigenvalue weighted by atomic mass is 9.89. The minimum Gasteiger partial charge on any atom is -0.456 e. The Balaban J connectivity index is 1.20. The van der Waals surface area contributed by atoms with Gasteiger partial charge in [0.25, 0.3) is 0 Å². The van der Waals surface area contributed by atoms with Gasteiger partial charge >= 0.3 is 0 Å². The van der Waals surface area contributed by atoms with Gasteiger partial charge < -0.3 is 14.0 Å². The fraction of sp³-hybridized carbons (Fsp3) is 0.350. The Hall–Kier alpha value is -2.73. The molecule has 2 saturated heterocycles. The molecule has 0 amide bonds. The van der Waals surface area contributed by atoms with Gasteiger partial charge in [0.15, 0.2) is 0 Å². The zero-order valence-corrected chi connectivity index (χ0v) is 14.0. The minimum absolute atomic E-state index is 0.241. The largest absolute Gasteiger partial charge is 0.456 e. The number of pyridine rings is 1. The van der Waals surface area contributed by atoms with Crippen molar-refractivity contribution in [1.29, 1.82) is 0 Å². The molecule has 130 valence electrons. The van der Waals surface area contributed by atoms with Crippen LogP contribution in [0.15, 0.2) is 53.2 Å². The molecule has 1 aliphatic carbocycles. The Morgan fingerprint density at radius 2 is 1.88 bits per heavy atom. The molecule has 2 bridgehead atoms. The summed E-state index contributed by atoms with van der Waals surface area (Å²) in [6.45, 7) is 0. The Labute approximate surface area is 150 Å². The number of aromatic nitrogens is 3. The van der Waals surface area contributed by atoms with E-state index in [0.717, 1.165) is 18.1 Å². The van der Waals surface area contributed by atoms with Crippen LogP contribution in [0.2, 0.25) is 0 Å². The number of para-hydroxylation sites is 1. The van der Waals surface area contributed by atoms with E-state index in [1.165, 1.54) is 6.42 Å². The van der Waals surface area contributed by atoms with Crippen LogP contribution >= 0.6 is 0 Å². The maximum Gasteiger partial charge on any atom is 0.232 e. The van der Waals surface area contributed by atoms with Crippen LogP contribution in [0.5, 0.6) is 11.5 Å². The van der Waals surface area contributed by atoms with Gasteiger partial charge in [0.2, 0.25) is 11.7 Å². The van der Waals surface area contributed by atoms with Crippen LogP contribution in [0.3, 0.4) is 0 Å². The maximum absolute atomic E-state index is 6.03. The van der Waals surface area contributed by atoms with Crippen LogP contribution in [0.4, 0.5) is 0 Å². The highest BCUT2D eigenvalue weighted by atomic mass is 16.5. The first kappa shape index (κ1) is 14.4. The first-order chi connectivity index (χ1) is 12.8. The Bertz CT molecular complexity index is 940. The van der Waals surface area contributed by atoms with Gasteiger partial charge in [0.1, 0.15) is 17.2 Å². The quantitative estimate of drug-likeness (QED) is 0.715. The van der Waals surface area contributed by atoms with E-state index in [0.29, 0.717) is 35.2 Å². The molecule has 3 aliphatic rings. The molecule has 3 fully saturated rings. The van der Waals surface area contributed by atoms with Crippen molar-refractivity contribution in [3.63, 3.8) is 0 Å². The molecule has 2 aliphatic heterocycles. The fourth-order valence-corrected chi connectivity index (χ4v) is 4.38. The van der Waals surface area contributed by atoms with Crippen molar-refractivity contribution in [1.82, 2.24) is 15.1 Å². The summed E-state index contributed by atoms with van der Waals surface area (Å²) in [7, 11) is 0. The van der Waals surface area contributed by atoms with E-state index in [9.17, 15) is 0 Å². The summed E-state index contributed by atoms with van der Waals surface area (Å²) in [5.41, 5.74) is 0.675. The molecule has 1 aromatic carbocycles. The molecule has 2 aromatic heterocycles. The SMILES string of the molecule is c1ccc(Oc2ccc(-c3noc([C@@H]4C[C@@H]5O[C@H]4[C@H]4C[C@H]45)n3)nc2)cc1. The summed E-state index contributed by atoms with van der Waals surface area (Å²) in [6, 6.07) is 13.3. The summed E-state index contributed by atoms with van der Waals surface area (Å²) in [5, 5.41) is 4.12. The van der Waals surface area contributed by atoms with Gasteiger partial charge in [-0.2, -0.15) is 4.98 Å². The zero-order valence-electron chi connectivity index (χ0n) is 14.0. The van der Waals surface area contributed by atoms with Gasteiger partial charge in [0, 0.05) is 0 Å². The van der Waals surface area contributed by atoms with Crippen LogP contribution in [0.1, 0.15) is 24.7 Å². The van der Waals surface area contributed by atoms with E-state index in [4.69, 9.17) is 14.0 Å². The van der Waals surface area contributed by atoms with E-state index in [1.807, 2.05) is 42.5 Å². The maximum atomic E-state index is 6.03. The normalized spacial score (nSPS) is 31.0. The number of hydrogen-bond acceptors (Lipinski definition) is 6. The number of fused-ring (bicyclic) bond motifs is 5. The van der Waals surface area contributed by atoms with Crippen LogP contribution in [-0.2, 0) is 4.74 Å². The molecule has 4 heterocycles. The van der Waals surface area contributed by atoms with Gasteiger partial charge in [-0.25, -0.2) is 4.98 Å². The van der Waals surface area contributed by atoms with Crippen molar-refractivity contribution in [3.05, 3.63) is 54.6 Å². The molecule has 6 heteroatoms. The van der Waals surface area contributed by atoms with Crippen molar-refractivity contribution >= 4 is 0 Å². The average molecular weight is 347 g/mol. The molecule has 0 unspecified atom stereocenters. The standard InChI is InChI=1S/C20H17N3O3/c1-2-4-11(5-3-1)24-12-6-7-16(21-10-12)19-22-20(26-23-19)15-9-17-13-8-14(13)18(15)25-17/h1-7,10,13-15,17-18H,8-9H2/t13-,14+,15-,17+,18+/m1/s1. The molecule has 6 rings (SSSR count). The van der Waals surface area contributed by atoms with Crippen molar-refractivity contribution < 1.29 is 14.0 Å². The molecule has 1 saturated carbocycles. The summed E-state index contributed by atoms with van der Waals surface area (Å²) in [4.78, 5) is 9.00. The lowest BCUT2D eigenvalue weighted by Gasteiger charge is -2.13. The molecule has 26 heavy (non-hydrogen) atoms. The second-order valence-corrected chi connectivity index (χ2v) is 7.30. The van der Waals surface area contributed by atoms with E-state index >= 15 is 0 Å². The van der Waals surface area contributed by atoms with Gasteiger partial charge in [-0.05, 0) is 48.9 Å². The third-order valence-corrected chi connectivity index (χ3v) is 5.71. The van der Waals surface area contributed by atoms with E-state index < -0.39 is 0 Å². The summed E-state index contributed by atoms with van der Waals surface area (Å²) in [6.07, 6.45) is 4.65. The second-order valence-electron chi connectivity index (χ2n) is 7.30. The van der Waals surface area contributed by atoms with E-state index in [2.05, 4.69) is 15.1 Å². The molecule has 0 radical (unpaired) electrons. The number of benzene rings is 1. The molecular formula is C20H17N3O3. The van der Waals surface area contributed by atoms with Crippen molar-refractivity contribution in [2.45, 2.75) is 31.0 Å². The first-order valence-corrected chi connectivity index (χ1v) is 9.03. The third-order valence-electron chi connectivity index (χ3n) is 5.71. The lowest BCUT2D eigenvalue weighted by molar-refractivity contribution is 0.0659. The van der Waals surface area contributed by atoms with Crippen LogP contribution in [0.25, 0.3) is 11.5 Å². The van der Waals surface area contributed by atoms with Crippen molar-refractivity contribution in [2.75, 3.05) is 0 Å². The highest BCUT2D eigenvalue weighted by Gasteiger charge is 2.64. The highest BCUT2D eigenvalue weighted by Crippen LogP contribution is 2.62. The number of ether oxygens (including phenoxy) is 2. The first-order valence-electron chi connectivity index (χ1n) is 9.03. The monoisotopic (exact) mass is 347 g/mol. The summed E-state index contributed by atoms with van der Waals surface area (Å²) < 4.78 is 17.3. The van der Waals surface area contributed by atoms with Gasteiger partial charge in [-0.15, -0.1) is 0 Å². The summed E-state index contributed by atoms with van der Waals surface area (Å²) in [5.74, 6) is 4.39. The molecule has 0 N–H and O–H groups in total. The lowest BCUT2D eigenvalue weighted by Crippen LogP contribution is -2.17. The van der Waals surface area contributed by atoms with Crippen molar-refractivity contribution in [3.8, 4) is 23.0 Å². The topological polar surface area (TPSA) is 70.3 Å².